The Morgan fingerprint density at radius 3 is 2.06 bits per heavy atom. The third kappa shape index (κ3) is 6.04. The molecule has 1 atom stereocenters. The molecule has 0 aliphatic heterocycles. The molecule has 0 spiro atoms. The number of ketones is 1. The van der Waals surface area contributed by atoms with Gasteiger partial charge in [-0.15, -0.1) is 0 Å². The molecular formula is C12H22N2O3. The van der Waals surface area contributed by atoms with Crippen molar-refractivity contribution in [1.29, 1.82) is 0 Å². The number of Topliss-reactive ketones (excluding diaryl/α,β-unsaturated/α-hetero) is 1. The summed E-state index contributed by atoms with van der Waals surface area (Å²) in [7, 11) is 0. The minimum atomic E-state index is -0.577. The first-order valence-electron chi connectivity index (χ1n) is 6.01. The molecule has 0 bridgehead atoms. The van der Waals surface area contributed by atoms with Gasteiger partial charge >= 0.3 is 0 Å². The van der Waals surface area contributed by atoms with Gasteiger partial charge in [0.25, 0.3) is 0 Å². The fourth-order valence-electron chi connectivity index (χ4n) is 1.23. The van der Waals surface area contributed by atoms with E-state index < -0.39 is 6.04 Å². The Morgan fingerprint density at radius 2 is 1.65 bits per heavy atom. The van der Waals surface area contributed by atoms with Crippen LogP contribution in [0, 0.1) is 5.92 Å². The number of amides is 2. The highest BCUT2D eigenvalue weighted by molar-refractivity contribution is 5.91. The zero-order valence-corrected chi connectivity index (χ0v) is 11.0. The van der Waals surface area contributed by atoms with Crippen LogP contribution in [0.3, 0.4) is 0 Å². The molecule has 17 heavy (non-hydrogen) atoms. The predicted molar refractivity (Wildman–Crippen MR) is 65.4 cm³/mol. The van der Waals surface area contributed by atoms with Crippen LogP contribution in [-0.4, -0.2) is 30.2 Å². The first-order chi connectivity index (χ1) is 7.92. The molecule has 0 radical (unpaired) electrons. The highest BCUT2D eigenvalue weighted by Crippen LogP contribution is 2.02. The van der Waals surface area contributed by atoms with Crippen LogP contribution in [0.1, 0.15) is 40.5 Å². The van der Waals surface area contributed by atoms with Gasteiger partial charge in [0, 0.05) is 12.8 Å². The number of nitrogens with one attached hydrogen (secondary N) is 2. The minimum Gasteiger partial charge on any atom is -0.347 e. The van der Waals surface area contributed by atoms with Crippen molar-refractivity contribution in [2.45, 2.75) is 46.6 Å². The Hall–Kier alpha value is -1.39. The Kier molecular flexibility index (Phi) is 7.18. The van der Waals surface area contributed by atoms with Gasteiger partial charge in [0.05, 0.1) is 6.54 Å². The van der Waals surface area contributed by atoms with Crippen molar-refractivity contribution < 1.29 is 14.4 Å². The Labute approximate surface area is 102 Å². The number of carbonyl (C=O) groups is 3. The Balaban J connectivity index is 4.35. The molecule has 0 aromatic carbocycles. The summed E-state index contributed by atoms with van der Waals surface area (Å²) in [6, 6.07) is -0.577. The van der Waals surface area contributed by atoms with Gasteiger partial charge in [-0.3, -0.25) is 14.4 Å². The normalized spacial score (nSPS) is 12.1. The van der Waals surface area contributed by atoms with E-state index in [1.54, 1.807) is 13.8 Å². The van der Waals surface area contributed by atoms with Gasteiger partial charge in [-0.25, -0.2) is 0 Å². The molecule has 0 aliphatic rings. The molecule has 2 N–H and O–H groups in total. The maximum absolute atomic E-state index is 11.8. The van der Waals surface area contributed by atoms with E-state index in [9.17, 15) is 14.4 Å². The smallest absolute Gasteiger partial charge is 0.243 e. The lowest BCUT2D eigenvalue weighted by Gasteiger charge is -2.21. The Bertz CT molecular complexity index is 287. The molecule has 98 valence electrons. The van der Waals surface area contributed by atoms with E-state index in [1.807, 2.05) is 13.8 Å². The lowest BCUT2D eigenvalue weighted by atomic mass is 10.0. The lowest BCUT2D eigenvalue weighted by Crippen LogP contribution is -2.50. The van der Waals surface area contributed by atoms with Crippen LogP contribution < -0.4 is 10.6 Å². The van der Waals surface area contributed by atoms with Crippen LogP contribution in [-0.2, 0) is 14.4 Å². The second-order valence-electron chi connectivity index (χ2n) is 4.25. The van der Waals surface area contributed by atoms with Gasteiger partial charge in [-0.1, -0.05) is 27.7 Å². The Morgan fingerprint density at radius 1 is 1.06 bits per heavy atom. The molecule has 5 nitrogen and oxygen atoms in total. The summed E-state index contributed by atoms with van der Waals surface area (Å²) < 4.78 is 0. The molecule has 0 heterocycles. The fraction of sp³-hybridized carbons (Fsp3) is 0.750. The number of carbonyl (C=O) groups excluding carboxylic acids is 3. The van der Waals surface area contributed by atoms with Gasteiger partial charge in [0.15, 0.2) is 5.78 Å². The van der Waals surface area contributed by atoms with E-state index >= 15 is 0 Å². The van der Waals surface area contributed by atoms with Crippen molar-refractivity contribution in [1.82, 2.24) is 10.6 Å². The highest BCUT2D eigenvalue weighted by Gasteiger charge is 2.23. The first kappa shape index (κ1) is 15.6. The van der Waals surface area contributed by atoms with Crippen molar-refractivity contribution >= 4 is 17.6 Å². The van der Waals surface area contributed by atoms with E-state index in [-0.39, 0.29) is 30.1 Å². The molecule has 0 aromatic heterocycles. The summed E-state index contributed by atoms with van der Waals surface area (Å²) in [6.07, 6.45) is 0.734. The molecule has 0 aliphatic carbocycles. The zero-order valence-electron chi connectivity index (χ0n) is 11.0. The van der Waals surface area contributed by atoms with Crippen molar-refractivity contribution in [2.24, 2.45) is 5.92 Å². The summed E-state index contributed by atoms with van der Waals surface area (Å²) in [5.74, 6) is -0.505. The quantitative estimate of drug-likeness (QED) is 0.687. The number of hydrogen-bond acceptors (Lipinski definition) is 3. The third-order valence-electron chi connectivity index (χ3n) is 2.44. The monoisotopic (exact) mass is 242 g/mol. The third-order valence-corrected chi connectivity index (χ3v) is 2.44. The van der Waals surface area contributed by atoms with Gasteiger partial charge in [-0.05, 0) is 5.92 Å². The topological polar surface area (TPSA) is 75.3 Å². The molecule has 0 saturated carbocycles. The van der Waals surface area contributed by atoms with E-state index in [1.165, 1.54) is 0 Å². The number of rotatable bonds is 7. The van der Waals surface area contributed by atoms with Crippen LogP contribution in [0.15, 0.2) is 0 Å². The van der Waals surface area contributed by atoms with Crippen LogP contribution in [0.25, 0.3) is 0 Å². The van der Waals surface area contributed by atoms with Gasteiger partial charge in [0.2, 0.25) is 11.8 Å². The molecular weight excluding hydrogens is 220 g/mol. The van der Waals surface area contributed by atoms with E-state index in [2.05, 4.69) is 10.6 Å². The van der Waals surface area contributed by atoms with E-state index in [4.69, 9.17) is 0 Å². The molecule has 1 unspecified atom stereocenters. The average molecular weight is 242 g/mol. The summed E-state index contributed by atoms with van der Waals surface area (Å²) in [4.78, 5) is 34.1. The SMILES string of the molecule is CCC(=O)CNC(=O)C(NC(=O)CC)C(C)C. The largest absolute Gasteiger partial charge is 0.347 e. The summed E-state index contributed by atoms with van der Waals surface area (Å²) in [6.45, 7) is 7.20. The van der Waals surface area contributed by atoms with Crippen LogP contribution in [0.4, 0.5) is 0 Å². The van der Waals surface area contributed by atoms with E-state index in [0.717, 1.165) is 0 Å². The average Bonchev–Trinajstić information content (AvgIpc) is 2.31. The zero-order chi connectivity index (χ0) is 13.4. The van der Waals surface area contributed by atoms with Gasteiger partial charge in [0.1, 0.15) is 6.04 Å². The molecule has 2 amide bonds. The van der Waals surface area contributed by atoms with Crippen molar-refractivity contribution in [3.63, 3.8) is 0 Å². The van der Waals surface area contributed by atoms with Crippen LogP contribution in [0.2, 0.25) is 0 Å². The van der Waals surface area contributed by atoms with Crippen molar-refractivity contribution in [2.75, 3.05) is 6.54 Å². The summed E-state index contributed by atoms with van der Waals surface area (Å²) in [5.41, 5.74) is 0. The number of hydrogen-bond donors (Lipinski definition) is 2. The lowest BCUT2D eigenvalue weighted by molar-refractivity contribution is -0.130. The molecule has 5 heteroatoms. The predicted octanol–water partition coefficient (Wildman–Crippen LogP) is 0.632. The van der Waals surface area contributed by atoms with Crippen molar-refractivity contribution in [3.8, 4) is 0 Å². The fourth-order valence-corrected chi connectivity index (χ4v) is 1.23. The second kappa shape index (κ2) is 7.81. The van der Waals surface area contributed by atoms with Crippen molar-refractivity contribution in [3.05, 3.63) is 0 Å². The first-order valence-corrected chi connectivity index (χ1v) is 6.01. The van der Waals surface area contributed by atoms with E-state index in [0.29, 0.717) is 12.8 Å². The molecule has 0 saturated heterocycles. The molecule has 0 aromatic rings. The maximum atomic E-state index is 11.8. The summed E-state index contributed by atoms with van der Waals surface area (Å²) >= 11 is 0. The summed E-state index contributed by atoms with van der Waals surface area (Å²) in [5, 5.41) is 5.19. The standard InChI is InChI=1S/C12H22N2O3/c1-5-9(15)7-13-12(17)11(8(3)4)14-10(16)6-2/h8,11H,5-7H2,1-4H3,(H,13,17)(H,14,16). The molecule has 0 fully saturated rings. The minimum absolute atomic E-state index is 0.0118. The van der Waals surface area contributed by atoms with Crippen LogP contribution >= 0.6 is 0 Å². The van der Waals surface area contributed by atoms with Gasteiger partial charge in [-0.2, -0.15) is 0 Å². The second-order valence-corrected chi connectivity index (χ2v) is 4.25. The highest BCUT2D eigenvalue weighted by atomic mass is 16.2. The van der Waals surface area contributed by atoms with Gasteiger partial charge < -0.3 is 10.6 Å². The molecule has 0 rings (SSSR count). The van der Waals surface area contributed by atoms with Crippen LogP contribution in [0.5, 0.6) is 0 Å². The maximum Gasteiger partial charge on any atom is 0.243 e.